The summed E-state index contributed by atoms with van der Waals surface area (Å²) in [5.74, 6) is 5.52. The molecule has 0 aromatic heterocycles. The highest BCUT2D eigenvalue weighted by Gasteiger charge is 2.59. The van der Waals surface area contributed by atoms with Crippen LogP contribution in [0.4, 0.5) is 0 Å². The minimum Gasteiger partial charge on any atom is -0.393 e. The highest BCUT2D eigenvalue weighted by atomic mass is 16.3. The molecule has 0 aliphatic heterocycles. The lowest BCUT2D eigenvalue weighted by molar-refractivity contribution is -0.0573. The van der Waals surface area contributed by atoms with Crippen LogP contribution in [0.25, 0.3) is 0 Å². The number of allylic oxidation sites excluding steroid dienone is 1. The Hall–Kier alpha value is -0.300. The molecule has 9 atom stereocenters. The number of fused-ring (bicyclic) bond motifs is 5. The van der Waals surface area contributed by atoms with Crippen molar-refractivity contribution in [1.29, 1.82) is 0 Å². The normalized spacial score (nSPS) is 42.1. The van der Waals surface area contributed by atoms with Crippen LogP contribution in [0, 0.1) is 46.3 Å². The minimum absolute atomic E-state index is 0.0782. The maximum absolute atomic E-state index is 10.3. The number of aliphatic hydroxyl groups is 1. The molecule has 3 fully saturated rings. The van der Waals surface area contributed by atoms with Crippen LogP contribution in [0.2, 0.25) is 0 Å². The van der Waals surface area contributed by atoms with Gasteiger partial charge in [-0.2, -0.15) is 0 Å². The van der Waals surface area contributed by atoms with Crippen LogP contribution < -0.4 is 0 Å². The van der Waals surface area contributed by atoms with E-state index in [1.165, 1.54) is 89.9 Å². The van der Waals surface area contributed by atoms with E-state index >= 15 is 0 Å². The van der Waals surface area contributed by atoms with E-state index < -0.39 is 0 Å². The lowest BCUT2D eigenvalue weighted by Crippen LogP contribution is -2.50. The third-order valence-corrected chi connectivity index (χ3v) is 11.7. The van der Waals surface area contributed by atoms with Gasteiger partial charge in [-0.25, -0.2) is 0 Å². The monoisotopic (exact) mass is 456 g/mol. The molecule has 0 saturated heterocycles. The fourth-order valence-corrected chi connectivity index (χ4v) is 9.67. The molecule has 0 aromatic rings. The first kappa shape index (κ1) is 25.8. The van der Waals surface area contributed by atoms with Gasteiger partial charge >= 0.3 is 0 Å². The zero-order valence-electron chi connectivity index (χ0n) is 22.9. The van der Waals surface area contributed by atoms with Crippen LogP contribution >= 0.6 is 0 Å². The molecule has 1 N–H and O–H groups in total. The van der Waals surface area contributed by atoms with Gasteiger partial charge in [0.1, 0.15) is 0 Å². The lowest BCUT2D eigenvalue weighted by atomic mass is 9.47. The molecule has 1 nitrogen and oxygen atoms in total. The second kappa shape index (κ2) is 10.8. The summed E-state index contributed by atoms with van der Waals surface area (Å²) >= 11 is 0. The van der Waals surface area contributed by atoms with Gasteiger partial charge in [-0.1, -0.05) is 97.6 Å². The van der Waals surface area contributed by atoms with E-state index in [0.29, 0.717) is 10.8 Å². The minimum atomic E-state index is -0.0782. The van der Waals surface area contributed by atoms with Gasteiger partial charge in [0.25, 0.3) is 0 Å². The molecular weight excluding hydrogens is 400 g/mol. The van der Waals surface area contributed by atoms with E-state index in [1.54, 1.807) is 5.57 Å². The quantitative estimate of drug-likeness (QED) is 0.256. The fourth-order valence-electron chi connectivity index (χ4n) is 9.67. The van der Waals surface area contributed by atoms with Gasteiger partial charge in [0.15, 0.2) is 0 Å². The van der Waals surface area contributed by atoms with Crippen molar-refractivity contribution in [2.45, 2.75) is 143 Å². The van der Waals surface area contributed by atoms with Crippen LogP contribution in [0.15, 0.2) is 11.6 Å². The van der Waals surface area contributed by atoms with E-state index in [0.717, 1.165) is 48.3 Å². The first-order valence-electron chi connectivity index (χ1n) is 15.2. The zero-order valence-corrected chi connectivity index (χ0v) is 22.9. The second-order valence-electron chi connectivity index (χ2n) is 13.7. The fraction of sp³-hybridized carbons (Fsp3) is 0.938. The zero-order chi connectivity index (χ0) is 23.6. The first-order valence-corrected chi connectivity index (χ1v) is 15.2. The Kier molecular flexibility index (Phi) is 8.40. The molecule has 4 rings (SSSR count). The van der Waals surface area contributed by atoms with Gasteiger partial charge in [-0.05, 0) is 97.7 Å². The predicted octanol–water partition coefficient (Wildman–Crippen LogP) is 9.34. The van der Waals surface area contributed by atoms with Crippen LogP contribution in [0.1, 0.15) is 137 Å². The molecule has 4 aliphatic carbocycles. The van der Waals surface area contributed by atoms with Gasteiger partial charge in [0.05, 0.1) is 6.10 Å². The number of hydrogen-bond acceptors (Lipinski definition) is 1. The molecule has 0 heterocycles. The van der Waals surface area contributed by atoms with Crippen molar-refractivity contribution in [3.63, 3.8) is 0 Å². The Labute approximate surface area is 206 Å². The highest BCUT2D eigenvalue weighted by Crippen LogP contribution is 2.67. The van der Waals surface area contributed by atoms with E-state index in [9.17, 15) is 5.11 Å². The maximum Gasteiger partial charge on any atom is 0.0577 e. The van der Waals surface area contributed by atoms with E-state index in [1.807, 2.05) is 0 Å². The predicted molar refractivity (Wildman–Crippen MR) is 142 cm³/mol. The third-order valence-electron chi connectivity index (χ3n) is 11.7. The Morgan fingerprint density at radius 2 is 1.70 bits per heavy atom. The first-order chi connectivity index (χ1) is 15.8. The van der Waals surface area contributed by atoms with E-state index in [4.69, 9.17) is 0 Å². The summed E-state index contributed by atoms with van der Waals surface area (Å²) < 4.78 is 0. The Balaban J connectivity index is 1.32. The van der Waals surface area contributed by atoms with Crippen molar-refractivity contribution in [1.82, 2.24) is 0 Å². The largest absolute Gasteiger partial charge is 0.393 e. The van der Waals surface area contributed by atoms with Gasteiger partial charge in [-0.15, -0.1) is 0 Å². The van der Waals surface area contributed by atoms with E-state index in [-0.39, 0.29) is 6.10 Å². The van der Waals surface area contributed by atoms with Gasteiger partial charge in [0, 0.05) is 0 Å². The maximum atomic E-state index is 10.3. The SMILES string of the molecule is CCCCCCC(C)CCC[C@@H](C)[C@H]1CC[C@H]2[C@@H]3CC=C4C[C@@H](O)CC[C@]4(C)[C@H]3CC[C@]12C. The summed E-state index contributed by atoms with van der Waals surface area (Å²) in [6, 6.07) is 0. The molecule has 0 amide bonds. The van der Waals surface area contributed by atoms with Crippen LogP contribution in [0.5, 0.6) is 0 Å². The van der Waals surface area contributed by atoms with Crippen molar-refractivity contribution in [2.24, 2.45) is 46.3 Å². The summed E-state index contributed by atoms with van der Waals surface area (Å²) in [6.45, 7) is 12.7. The number of hydrogen-bond donors (Lipinski definition) is 1. The molecule has 1 unspecified atom stereocenters. The lowest BCUT2D eigenvalue weighted by Gasteiger charge is -2.58. The molecule has 33 heavy (non-hydrogen) atoms. The van der Waals surface area contributed by atoms with Gasteiger partial charge < -0.3 is 5.11 Å². The van der Waals surface area contributed by atoms with Crippen LogP contribution in [0.3, 0.4) is 0 Å². The van der Waals surface area contributed by atoms with Crippen molar-refractivity contribution in [3.05, 3.63) is 11.6 Å². The Morgan fingerprint density at radius 1 is 0.909 bits per heavy atom. The molecule has 0 radical (unpaired) electrons. The molecule has 190 valence electrons. The summed E-state index contributed by atoms with van der Waals surface area (Å²) in [4.78, 5) is 0. The topological polar surface area (TPSA) is 20.2 Å². The van der Waals surface area contributed by atoms with Crippen molar-refractivity contribution in [2.75, 3.05) is 0 Å². The average molecular weight is 457 g/mol. The van der Waals surface area contributed by atoms with Crippen LogP contribution in [-0.2, 0) is 0 Å². The summed E-state index contributed by atoms with van der Waals surface area (Å²) in [7, 11) is 0. The molecule has 0 aromatic carbocycles. The van der Waals surface area contributed by atoms with Gasteiger partial charge in [0.2, 0.25) is 0 Å². The standard InChI is InChI=1S/C32H56O/c1-6-7-8-9-11-23(2)12-10-13-24(3)28-16-17-29-27-15-14-25-22-26(33)18-20-31(25,4)30(27)19-21-32(28,29)5/h14,23-24,26-30,33H,6-13,15-22H2,1-5H3/t23?,24-,26+,27+,28-,29+,30+,31+,32-/m1/s1. The highest BCUT2D eigenvalue weighted by molar-refractivity contribution is 5.25. The number of rotatable bonds is 10. The second-order valence-corrected chi connectivity index (χ2v) is 13.7. The summed E-state index contributed by atoms with van der Waals surface area (Å²) in [6.07, 6.45) is 24.4. The molecule has 0 bridgehead atoms. The number of aliphatic hydroxyl groups excluding tert-OH is 1. The molecule has 0 spiro atoms. The van der Waals surface area contributed by atoms with Crippen molar-refractivity contribution >= 4 is 0 Å². The van der Waals surface area contributed by atoms with Gasteiger partial charge in [-0.3, -0.25) is 0 Å². The van der Waals surface area contributed by atoms with Crippen molar-refractivity contribution < 1.29 is 5.11 Å². The Morgan fingerprint density at radius 3 is 2.48 bits per heavy atom. The smallest absolute Gasteiger partial charge is 0.0577 e. The van der Waals surface area contributed by atoms with Crippen molar-refractivity contribution in [3.8, 4) is 0 Å². The Bertz CT molecular complexity index is 665. The molecule has 4 aliphatic rings. The molecular formula is C32H56O. The molecule has 3 saturated carbocycles. The van der Waals surface area contributed by atoms with E-state index in [2.05, 4.69) is 40.7 Å². The summed E-state index contributed by atoms with van der Waals surface area (Å²) in [5, 5.41) is 10.3. The number of unbranched alkanes of at least 4 members (excludes halogenated alkanes) is 3. The average Bonchev–Trinajstić information content (AvgIpc) is 3.14. The molecule has 1 heteroatoms. The third kappa shape index (κ3) is 5.15. The summed E-state index contributed by atoms with van der Waals surface area (Å²) in [5.41, 5.74) is 2.60. The van der Waals surface area contributed by atoms with Crippen LogP contribution in [-0.4, -0.2) is 11.2 Å².